The molecule has 4 rings (SSSR count). The van der Waals surface area contributed by atoms with Crippen LogP contribution in [-0.2, 0) is 0 Å². The minimum atomic E-state index is -0.302. The number of hydrogen-bond acceptors (Lipinski definition) is 3. The van der Waals surface area contributed by atoms with Gasteiger partial charge in [0.05, 0.1) is 0 Å². The predicted octanol–water partition coefficient (Wildman–Crippen LogP) is 3.37. The van der Waals surface area contributed by atoms with Gasteiger partial charge in [-0.3, -0.25) is 0 Å². The van der Waals surface area contributed by atoms with Gasteiger partial charge < -0.3 is 0 Å². The van der Waals surface area contributed by atoms with Crippen molar-refractivity contribution in [1.29, 1.82) is 0 Å². The quantitative estimate of drug-likeness (QED) is 0.385. The number of aromatic amines is 1. The molecule has 4 N–H and O–H groups in total. The van der Waals surface area contributed by atoms with Gasteiger partial charge in [0.2, 0.25) is 0 Å². The number of hydrogen-bond donors (Lipinski definition) is 4. The Bertz CT molecular complexity index is 1110. The van der Waals surface area contributed by atoms with Crippen molar-refractivity contribution < 1.29 is 9.90 Å². The van der Waals surface area contributed by atoms with Crippen LogP contribution in [0.2, 0.25) is 0 Å². The molecule has 0 unspecified atom stereocenters. The molecule has 0 aliphatic rings. The summed E-state index contributed by atoms with van der Waals surface area (Å²) in [4.78, 5) is 12.1. The Morgan fingerprint density at radius 3 is 2.30 bits per heavy atom. The molecule has 0 spiro atoms. The first-order valence-electron chi connectivity index (χ1n) is 8.24. The van der Waals surface area contributed by atoms with E-state index in [0.29, 0.717) is 11.2 Å². The van der Waals surface area contributed by atoms with E-state index in [9.17, 15) is 9.90 Å². The summed E-state index contributed by atoms with van der Waals surface area (Å²) in [6, 6.07) is 20.0. The minimum absolute atomic E-state index is 0.137. The van der Waals surface area contributed by atoms with Crippen LogP contribution in [0, 0.1) is 0 Å². The number of aromatic hydroxyl groups is 1. The second-order valence-electron chi connectivity index (χ2n) is 5.95. The van der Waals surface area contributed by atoms with Crippen molar-refractivity contribution in [1.82, 2.24) is 10.2 Å². The van der Waals surface area contributed by atoms with Gasteiger partial charge in [-0.05, 0) is 0 Å². The molecule has 1 heterocycles. The van der Waals surface area contributed by atoms with Gasteiger partial charge in [-0.15, -0.1) is 0 Å². The molecule has 2 amide bonds. The molecule has 132 valence electrons. The van der Waals surface area contributed by atoms with Crippen molar-refractivity contribution in [3.8, 4) is 16.9 Å². The molecule has 4 aromatic rings. The third kappa shape index (κ3) is 3.52. The Labute approximate surface area is 164 Å². The Morgan fingerprint density at radius 2 is 1.59 bits per heavy atom. The number of para-hydroxylation sites is 1. The summed E-state index contributed by atoms with van der Waals surface area (Å²) in [5.41, 5.74) is 3.86. The molecule has 3 aromatic carbocycles. The van der Waals surface area contributed by atoms with Gasteiger partial charge >= 0.3 is 146 Å². The number of phenols is 1. The Morgan fingerprint density at radius 1 is 0.926 bits per heavy atom. The van der Waals surface area contributed by atoms with Crippen LogP contribution in [0.4, 0.5) is 16.2 Å². The SMILES string of the molecule is O=C(Nc1ccccc1)Nc1ccc(-c2ccc(O)c3n[nH]c([As])c23)cc1. The maximum atomic E-state index is 12.1. The van der Waals surface area contributed by atoms with E-state index in [1.54, 1.807) is 6.07 Å². The van der Waals surface area contributed by atoms with Crippen LogP contribution in [0.15, 0.2) is 66.7 Å². The van der Waals surface area contributed by atoms with Crippen molar-refractivity contribution in [2.75, 3.05) is 10.6 Å². The zero-order valence-electron chi connectivity index (χ0n) is 14.1. The molecule has 0 aliphatic carbocycles. The van der Waals surface area contributed by atoms with E-state index < -0.39 is 0 Å². The van der Waals surface area contributed by atoms with Crippen molar-refractivity contribution in [2.24, 2.45) is 0 Å². The van der Waals surface area contributed by atoms with E-state index in [1.807, 2.05) is 60.7 Å². The number of aromatic nitrogens is 2. The molecule has 27 heavy (non-hydrogen) atoms. The standard InChI is InChI=1S/C20H15AsN4O2/c21-19-17-15(10-11-16(26)18(17)24-25-19)12-6-8-14(9-7-12)23-20(27)22-13-4-2-1-3-5-13/h1-11,26H,(H,24,25)(H2,22,23,27). The summed E-state index contributed by atoms with van der Waals surface area (Å²) in [5.74, 6) is 0.137. The molecular weight excluding hydrogens is 403 g/mol. The zero-order valence-corrected chi connectivity index (χ0v) is 16.0. The summed E-state index contributed by atoms with van der Waals surface area (Å²) in [6.45, 7) is 0. The van der Waals surface area contributed by atoms with Gasteiger partial charge in [-0.25, -0.2) is 0 Å². The van der Waals surface area contributed by atoms with E-state index in [1.165, 1.54) is 0 Å². The van der Waals surface area contributed by atoms with E-state index in [-0.39, 0.29) is 11.8 Å². The van der Waals surface area contributed by atoms with Crippen molar-refractivity contribution in [3.63, 3.8) is 0 Å². The summed E-state index contributed by atoms with van der Waals surface area (Å²) in [6.07, 6.45) is 0. The number of carbonyl (C=O) groups excluding carboxylic acids is 1. The Hall–Kier alpha value is -3.24. The molecule has 0 fully saturated rings. The van der Waals surface area contributed by atoms with Crippen molar-refractivity contribution in [2.45, 2.75) is 0 Å². The normalized spacial score (nSPS) is 10.7. The molecule has 7 heteroatoms. The number of nitrogens with zero attached hydrogens (tertiary/aromatic N) is 1. The van der Waals surface area contributed by atoms with Crippen molar-refractivity contribution in [3.05, 3.63) is 66.7 Å². The van der Waals surface area contributed by atoms with Gasteiger partial charge in [0.15, 0.2) is 0 Å². The van der Waals surface area contributed by atoms with Crippen LogP contribution in [-0.4, -0.2) is 38.2 Å². The number of rotatable bonds is 3. The fourth-order valence-electron chi connectivity index (χ4n) is 2.89. The number of amides is 2. The fourth-order valence-corrected chi connectivity index (χ4v) is 3.47. The number of nitrogens with one attached hydrogen (secondary N) is 3. The van der Waals surface area contributed by atoms with Crippen LogP contribution in [0.5, 0.6) is 5.75 Å². The number of anilines is 2. The molecular formula is C20H15AsN4O2. The zero-order chi connectivity index (χ0) is 18.8. The number of benzene rings is 3. The summed E-state index contributed by atoms with van der Waals surface area (Å²) in [5, 5.41) is 23.5. The fraction of sp³-hybridized carbons (Fsp3) is 0. The molecule has 0 saturated carbocycles. The number of phenolic OH excluding ortho intramolecular Hbond substituents is 1. The average molecular weight is 418 g/mol. The Kier molecular flexibility index (Phi) is 4.57. The number of urea groups is 1. The van der Waals surface area contributed by atoms with Gasteiger partial charge in [-0.1, -0.05) is 18.2 Å². The van der Waals surface area contributed by atoms with Crippen LogP contribution in [0.1, 0.15) is 0 Å². The van der Waals surface area contributed by atoms with Crippen LogP contribution in [0.3, 0.4) is 0 Å². The van der Waals surface area contributed by atoms with Crippen LogP contribution in [0.25, 0.3) is 22.0 Å². The van der Waals surface area contributed by atoms with Crippen molar-refractivity contribution >= 4 is 49.6 Å². The molecule has 2 radical (unpaired) electrons. The van der Waals surface area contributed by atoms with Crippen LogP contribution >= 0.6 is 0 Å². The van der Waals surface area contributed by atoms with E-state index >= 15 is 0 Å². The summed E-state index contributed by atoms with van der Waals surface area (Å²) >= 11 is 2.42. The predicted molar refractivity (Wildman–Crippen MR) is 108 cm³/mol. The molecule has 0 saturated heterocycles. The van der Waals surface area contributed by atoms with Gasteiger partial charge in [0.25, 0.3) is 0 Å². The molecule has 6 nitrogen and oxygen atoms in total. The second-order valence-corrected chi connectivity index (χ2v) is 6.89. The molecule has 1 aromatic heterocycles. The number of fused-ring (bicyclic) bond motifs is 1. The summed E-state index contributed by atoms with van der Waals surface area (Å²) < 4.78 is 0.827. The van der Waals surface area contributed by atoms with E-state index in [4.69, 9.17) is 0 Å². The van der Waals surface area contributed by atoms with E-state index in [2.05, 4.69) is 37.7 Å². The first-order chi connectivity index (χ1) is 13.1. The topological polar surface area (TPSA) is 90.0 Å². The third-order valence-corrected chi connectivity index (χ3v) is 4.83. The first-order valence-corrected chi connectivity index (χ1v) is 9.18. The van der Waals surface area contributed by atoms with Gasteiger partial charge in [0.1, 0.15) is 0 Å². The van der Waals surface area contributed by atoms with Crippen LogP contribution < -0.4 is 15.1 Å². The van der Waals surface area contributed by atoms with Gasteiger partial charge in [0, 0.05) is 0 Å². The second kappa shape index (κ2) is 7.17. The molecule has 0 bridgehead atoms. The van der Waals surface area contributed by atoms with E-state index in [0.717, 1.165) is 26.7 Å². The number of carbonyl (C=O) groups is 1. The van der Waals surface area contributed by atoms with Gasteiger partial charge in [-0.2, -0.15) is 0 Å². The average Bonchev–Trinajstić information content (AvgIpc) is 3.07. The summed E-state index contributed by atoms with van der Waals surface area (Å²) in [7, 11) is 0. The number of H-pyrrole nitrogens is 1. The monoisotopic (exact) mass is 418 g/mol. The third-order valence-electron chi connectivity index (χ3n) is 4.15. The Balaban J connectivity index is 1.55. The maximum absolute atomic E-state index is 12.1. The first kappa shape index (κ1) is 17.2. The molecule has 0 atom stereocenters. The molecule has 0 aliphatic heterocycles.